The zero-order chi connectivity index (χ0) is 31.4. The van der Waals surface area contributed by atoms with Crippen molar-refractivity contribution in [1.29, 1.82) is 0 Å². The molecule has 18 heteroatoms. The average Bonchev–Trinajstić information content (AvgIpc) is 3.18. The van der Waals surface area contributed by atoms with Crippen LogP contribution in [0.15, 0.2) is 36.5 Å². The number of halogens is 10. The Kier molecular flexibility index (Phi) is 7.54. The number of rotatable bonds is 3. The number of imidazole rings is 1. The maximum atomic E-state index is 14.2. The molecule has 0 aliphatic carbocycles. The Morgan fingerprint density at radius 2 is 1.55 bits per heavy atom. The molecule has 4 aromatic rings. The molecular formula is C24H16ClF9N6O2. The van der Waals surface area contributed by atoms with Crippen molar-refractivity contribution in [3.8, 4) is 22.8 Å². The van der Waals surface area contributed by atoms with E-state index in [-0.39, 0.29) is 10.6 Å². The van der Waals surface area contributed by atoms with Gasteiger partial charge in [-0.2, -0.15) is 39.5 Å². The molecule has 224 valence electrons. The average molecular weight is 627 g/mol. The normalized spacial score (nSPS) is 13.0. The summed E-state index contributed by atoms with van der Waals surface area (Å²) in [5.74, 6) is -1.50. The molecule has 0 radical (unpaired) electrons. The van der Waals surface area contributed by atoms with Crippen LogP contribution in [0.5, 0.6) is 0 Å². The minimum Gasteiger partial charge on any atom is -0.443 e. The highest BCUT2D eigenvalue weighted by Gasteiger charge is 2.39. The fourth-order valence-corrected chi connectivity index (χ4v) is 3.73. The Labute approximate surface area is 234 Å². The third-order valence-corrected chi connectivity index (χ3v) is 5.55. The van der Waals surface area contributed by atoms with Crippen LogP contribution in [0.4, 0.5) is 44.3 Å². The molecular weight excluding hydrogens is 611 g/mol. The number of nitrogens with zero attached hydrogens (tertiary/aromatic N) is 5. The molecule has 1 amide bonds. The lowest BCUT2D eigenvalue weighted by Crippen LogP contribution is -2.32. The molecule has 0 bridgehead atoms. The lowest BCUT2D eigenvalue weighted by atomic mass is 10.1. The highest BCUT2D eigenvalue weighted by atomic mass is 35.5. The number of carbonyl (C=O) groups excluding carboxylic acids is 1. The van der Waals surface area contributed by atoms with Crippen LogP contribution in [0.1, 0.15) is 37.7 Å². The molecule has 0 atom stereocenters. The Balaban J connectivity index is 2.04. The molecule has 8 nitrogen and oxygen atoms in total. The molecule has 0 unspecified atom stereocenters. The van der Waals surface area contributed by atoms with E-state index in [4.69, 9.17) is 16.3 Å². The summed E-state index contributed by atoms with van der Waals surface area (Å²) in [6.07, 6.45) is -15.7. The molecule has 1 N–H and O–H groups in total. The van der Waals surface area contributed by atoms with Crippen molar-refractivity contribution in [2.24, 2.45) is 0 Å². The lowest BCUT2D eigenvalue weighted by Gasteiger charge is -2.20. The Morgan fingerprint density at radius 3 is 2.07 bits per heavy atom. The molecule has 0 aliphatic heterocycles. The first-order valence-corrected chi connectivity index (χ1v) is 11.8. The van der Waals surface area contributed by atoms with E-state index in [0.717, 1.165) is 12.1 Å². The SMILES string of the molecule is CC(C)(C)OC(=O)Nn1c(-c2cc(C(F)(F)F)ccc2Cl)nc2c(C(F)(F)F)nc(-c3ccc(C(F)(F)F)nc3)nc21. The summed E-state index contributed by atoms with van der Waals surface area (Å²) < 4.78 is 127. The maximum Gasteiger partial charge on any atom is 0.435 e. The summed E-state index contributed by atoms with van der Waals surface area (Å²) in [6, 6.07) is 3.20. The van der Waals surface area contributed by atoms with Gasteiger partial charge >= 0.3 is 24.6 Å². The number of carbonyl (C=O) groups is 1. The quantitative estimate of drug-likeness (QED) is 0.234. The van der Waals surface area contributed by atoms with Crippen LogP contribution in [0.3, 0.4) is 0 Å². The predicted octanol–water partition coefficient (Wildman–Crippen LogP) is 7.74. The van der Waals surface area contributed by atoms with Crippen molar-refractivity contribution in [2.75, 3.05) is 5.43 Å². The van der Waals surface area contributed by atoms with Gasteiger partial charge in [-0.25, -0.2) is 29.8 Å². The third kappa shape index (κ3) is 6.50. The first-order chi connectivity index (χ1) is 19.1. The zero-order valence-corrected chi connectivity index (χ0v) is 22.1. The maximum absolute atomic E-state index is 14.2. The topological polar surface area (TPSA) is 94.8 Å². The van der Waals surface area contributed by atoms with E-state index in [0.29, 0.717) is 29.1 Å². The number of aromatic nitrogens is 5. The van der Waals surface area contributed by atoms with Crippen LogP contribution in [0.25, 0.3) is 33.9 Å². The number of alkyl halides is 9. The molecule has 0 fully saturated rings. The van der Waals surface area contributed by atoms with Gasteiger partial charge in [0, 0.05) is 17.3 Å². The first-order valence-electron chi connectivity index (χ1n) is 11.4. The zero-order valence-electron chi connectivity index (χ0n) is 21.3. The van der Waals surface area contributed by atoms with E-state index in [1.54, 1.807) is 0 Å². The van der Waals surface area contributed by atoms with Crippen LogP contribution in [0, 0.1) is 0 Å². The van der Waals surface area contributed by atoms with Crippen molar-refractivity contribution < 1.29 is 49.0 Å². The molecule has 1 aromatic carbocycles. The minimum absolute atomic E-state index is 0.390. The van der Waals surface area contributed by atoms with Gasteiger partial charge in [0.05, 0.1) is 10.6 Å². The van der Waals surface area contributed by atoms with E-state index in [1.807, 2.05) is 0 Å². The van der Waals surface area contributed by atoms with E-state index < -0.39 is 75.6 Å². The Bertz CT molecular complexity index is 1660. The smallest absolute Gasteiger partial charge is 0.435 e. The lowest BCUT2D eigenvalue weighted by molar-refractivity contribution is -0.141. The molecule has 0 spiro atoms. The highest BCUT2D eigenvalue weighted by molar-refractivity contribution is 6.33. The summed E-state index contributed by atoms with van der Waals surface area (Å²) in [5, 5.41) is -0.390. The second-order valence-corrected chi connectivity index (χ2v) is 9.98. The van der Waals surface area contributed by atoms with Gasteiger partial charge in [-0.1, -0.05) is 11.6 Å². The first kappa shape index (κ1) is 30.8. The van der Waals surface area contributed by atoms with Gasteiger partial charge in [0.2, 0.25) is 0 Å². The number of ether oxygens (including phenoxy) is 1. The van der Waals surface area contributed by atoms with Crippen LogP contribution in [0.2, 0.25) is 5.02 Å². The number of nitrogens with one attached hydrogen (secondary N) is 1. The highest BCUT2D eigenvalue weighted by Crippen LogP contribution is 2.39. The summed E-state index contributed by atoms with van der Waals surface area (Å²) in [5.41, 5.74) is -6.08. The van der Waals surface area contributed by atoms with Gasteiger partial charge in [0.1, 0.15) is 16.8 Å². The van der Waals surface area contributed by atoms with Crippen LogP contribution < -0.4 is 5.43 Å². The summed E-state index contributed by atoms with van der Waals surface area (Å²) in [6.45, 7) is 4.38. The fourth-order valence-electron chi connectivity index (χ4n) is 3.53. The van der Waals surface area contributed by atoms with Crippen molar-refractivity contribution in [1.82, 2.24) is 24.6 Å². The Hall–Kier alpha value is -4.15. The molecule has 4 rings (SSSR count). The van der Waals surface area contributed by atoms with Crippen LogP contribution >= 0.6 is 11.6 Å². The van der Waals surface area contributed by atoms with Gasteiger partial charge in [-0.3, -0.25) is 4.98 Å². The fraction of sp³-hybridized carbons (Fsp3) is 0.292. The third-order valence-electron chi connectivity index (χ3n) is 5.22. The molecule has 3 heterocycles. The van der Waals surface area contributed by atoms with Crippen molar-refractivity contribution in [2.45, 2.75) is 44.9 Å². The van der Waals surface area contributed by atoms with Crippen molar-refractivity contribution in [3.05, 3.63) is 58.5 Å². The van der Waals surface area contributed by atoms with Crippen molar-refractivity contribution in [3.63, 3.8) is 0 Å². The van der Waals surface area contributed by atoms with Crippen molar-refractivity contribution >= 4 is 28.9 Å². The second kappa shape index (κ2) is 10.3. The van der Waals surface area contributed by atoms with E-state index >= 15 is 0 Å². The standard InChI is InChI=1S/C24H16ClF9N6O2/c1-21(2,3)42-20(41)39-40-18(12-8-11(22(26,27)28)5-6-13(12)25)36-15-16(24(32,33)34)37-17(38-19(15)40)10-4-7-14(35-9-10)23(29,30)31/h4-9H,1-3H3,(H,39,41). The van der Waals surface area contributed by atoms with Crippen LogP contribution in [-0.2, 0) is 23.3 Å². The van der Waals surface area contributed by atoms with Gasteiger partial charge in [0.15, 0.2) is 23.0 Å². The van der Waals surface area contributed by atoms with Gasteiger partial charge in [-0.05, 0) is 51.1 Å². The van der Waals surface area contributed by atoms with Gasteiger partial charge < -0.3 is 4.74 Å². The Morgan fingerprint density at radius 1 is 0.881 bits per heavy atom. The number of benzene rings is 1. The molecule has 0 saturated heterocycles. The van der Waals surface area contributed by atoms with E-state index in [2.05, 4.69) is 25.4 Å². The number of hydrogen-bond acceptors (Lipinski definition) is 6. The van der Waals surface area contributed by atoms with E-state index in [1.165, 1.54) is 20.8 Å². The number of hydrogen-bond donors (Lipinski definition) is 1. The van der Waals surface area contributed by atoms with Gasteiger partial charge in [0.25, 0.3) is 0 Å². The second-order valence-electron chi connectivity index (χ2n) is 9.57. The molecule has 0 saturated carbocycles. The monoisotopic (exact) mass is 626 g/mol. The summed E-state index contributed by atoms with van der Waals surface area (Å²) in [7, 11) is 0. The minimum atomic E-state index is -5.25. The number of amides is 1. The molecule has 3 aromatic heterocycles. The number of fused-ring (bicyclic) bond motifs is 1. The summed E-state index contributed by atoms with van der Waals surface area (Å²) in [4.78, 5) is 27.0. The van der Waals surface area contributed by atoms with Gasteiger partial charge in [-0.15, -0.1) is 0 Å². The molecule has 42 heavy (non-hydrogen) atoms. The van der Waals surface area contributed by atoms with Crippen LogP contribution in [-0.4, -0.2) is 36.3 Å². The number of pyridine rings is 1. The molecule has 0 aliphatic rings. The van der Waals surface area contributed by atoms with E-state index in [9.17, 15) is 44.3 Å². The summed E-state index contributed by atoms with van der Waals surface area (Å²) >= 11 is 6.11. The largest absolute Gasteiger partial charge is 0.443 e. The predicted molar refractivity (Wildman–Crippen MR) is 130 cm³/mol.